The number of hydrogen-bond acceptors (Lipinski definition) is 4. The molecule has 0 unspecified atom stereocenters. The van der Waals surface area contributed by atoms with Crippen LogP contribution in [0.3, 0.4) is 0 Å². The zero-order valence-corrected chi connectivity index (χ0v) is 9.24. The number of benzene rings is 1. The quantitative estimate of drug-likeness (QED) is 0.601. The molecule has 4 nitrogen and oxygen atoms in total. The zero-order valence-electron chi connectivity index (χ0n) is 6.98. The Hall–Kier alpha value is -1.17. The molecule has 0 fully saturated rings. The minimum absolute atomic E-state index is 0.0983. The van der Waals surface area contributed by atoms with Gasteiger partial charge in [-0.25, -0.2) is 0 Å². The SMILES string of the molecule is N#Cc1c(Cl)c(Cl)c(NO)c(Cl)c1C#N. The van der Waals surface area contributed by atoms with Crippen LogP contribution in [0.15, 0.2) is 0 Å². The van der Waals surface area contributed by atoms with E-state index >= 15 is 0 Å². The minimum atomic E-state index is -0.147. The maximum atomic E-state index is 8.77. The van der Waals surface area contributed by atoms with Crippen LogP contribution in [-0.4, -0.2) is 5.21 Å². The summed E-state index contributed by atoms with van der Waals surface area (Å²) in [5.74, 6) is 0. The van der Waals surface area contributed by atoms with Crippen LogP contribution < -0.4 is 5.48 Å². The molecule has 0 aliphatic rings. The van der Waals surface area contributed by atoms with Crippen LogP contribution in [0.2, 0.25) is 15.1 Å². The molecule has 0 saturated carbocycles. The van der Waals surface area contributed by atoms with E-state index in [9.17, 15) is 0 Å². The molecule has 2 N–H and O–H groups in total. The normalized spacial score (nSPS) is 9.20. The second kappa shape index (κ2) is 4.57. The predicted octanol–water partition coefficient (Wildman–Crippen LogP) is 3.19. The van der Waals surface area contributed by atoms with Crippen LogP contribution in [0.1, 0.15) is 11.1 Å². The van der Waals surface area contributed by atoms with E-state index in [0.717, 1.165) is 0 Å². The lowest BCUT2D eigenvalue weighted by Gasteiger charge is -2.09. The fraction of sp³-hybridized carbons (Fsp3) is 0. The number of rotatable bonds is 1. The third-order valence-electron chi connectivity index (χ3n) is 1.66. The average molecular weight is 262 g/mol. The molecular formula is C8H2Cl3N3O. The van der Waals surface area contributed by atoms with Gasteiger partial charge in [0.15, 0.2) is 0 Å². The molecule has 0 saturated heterocycles. The third kappa shape index (κ3) is 1.81. The third-order valence-corrected chi connectivity index (χ3v) is 2.89. The summed E-state index contributed by atoms with van der Waals surface area (Å²) < 4.78 is 0. The molecule has 1 aromatic rings. The van der Waals surface area contributed by atoms with Gasteiger partial charge in [0.1, 0.15) is 17.8 Å². The van der Waals surface area contributed by atoms with E-state index in [4.69, 9.17) is 50.5 Å². The molecule has 0 amide bonds. The van der Waals surface area contributed by atoms with Crippen LogP contribution in [0.5, 0.6) is 0 Å². The lowest BCUT2D eigenvalue weighted by Crippen LogP contribution is -1.97. The molecule has 0 atom stereocenters. The second-order valence-electron chi connectivity index (χ2n) is 2.40. The van der Waals surface area contributed by atoms with E-state index in [1.165, 1.54) is 0 Å². The summed E-state index contributed by atoms with van der Waals surface area (Å²) in [6.07, 6.45) is 0. The van der Waals surface area contributed by atoms with E-state index in [-0.39, 0.29) is 31.9 Å². The first kappa shape index (κ1) is 11.9. The van der Waals surface area contributed by atoms with Gasteiger partial charge in [0.25, 0.3) is 0 Å². The molecule has 7 heteroatoms. The molecule has 0 bridgehead atoms. The highest BCUT2D eigenvalue weighted by molar-refractivity contribution is 6.47. The maximum absolute atomic E-state index is 8.77. The van der Waals surface area contributed by atoms with Gasteiger partial charge >= 0.3 is 0 Å². The molecule has 0 aromatic heterocycles. The van der Waals surface area contributed by atoms with Gasteiger partial charge in [0.2, 0.25) is 0 Å². The summed E-state index contributed by atoms with van der Waals surface area (Å²) in [5, 5.41) is 25.9. The lowest BCUT2D eigenvalue weighted by molar-refractivity contribution is 0.389. The lowest BCUT2D eigenvalue weighted by atomic mass is 10.1. The number of nitrogens with one attached hydrogen (secondary N) is 1. The first-order chi connectivity index (χ1) is 7.08. The molecule has 1 rings (SSSR count). The van der Waals surface area contributed by atoms with Gasteiger partial charge in [0.05, 0.1) is 26.2 Å². The van der Waals surface area contributed by atoms with Gasteiger partial charge < -0.3 is 0 Å². The highest BCUT2D eigenvalue weighted by Gasteiger charge is 2.20. The molecule has 0 aliphatic carbocycles. The summed E-state index contributed by atoms with van der Waals surface area (Å²) in [4.78, 5) is 0. The predicted molar refractivity (Wildman–Crippen MR) is 56.3 cm³/mol. The standard InChI is InChI=1S/C8H2Cl3N3O/c9-5-3(1-12)4(2-13)6(10)8(14-15)7(5)11/h14-15H. The van der Waals surface area contributed by atoms with Gasteiger partial charge in [-0.1, -0.05) is 34.8 Å². The van der Waals surface area contributed by atoms with Crippen molar-refractivity contribution in [2.45, 2.75) is 0 Å². The number of halogens is 3. The minimum Gasteiger partial charge on any atom is -0.291 e. The fourth-order valence-corrected chi connectivity index (χ4v) is 1.75. The molecular weight excluding hydrogens is 260 g/mol. The number of hydrogen-bond donors (Lipinski definition) is 2. The first-order valence-electron chi connectivity index (χ1n) is 3.49. The molecule has 0 spiro atoms. The van der Waals surface area contributed by atoms with Crippen molar-refractivity contribution in [3.8, 4) is 12.1 Å². The second-order valence-corrected chi connectivity index (χ2v) is 3.54. The highest BCUT2D eigenvalue weighted by Crippen LogP contribution is 2.41. The topological polar surface area (TPSA) is 79.8 Å². The Morgan fingerprint density at radius 1 is 0.933 bits per heavy atom. The highest BCUT2D eigenvalue weighted by atomic mass is 35.5. The summed E-state index contributed by atoms with van der Waals surface area (Å²) in [7, 11) is 0. The summed E-state index contributed by atoms with van der Waals surface area (Å²) >= 11 is 17.2. The van der Waals surface area contributed by atoms with Crippen molar-refractivity contribution in [1.82, 2.24) is 0 Å². The van der Waals surface area contributed by atoms with E-state index < -0.39 is 0 Å². The molecule has 76 valence electrons. The van der Waals surface area contributed by atoms with Gasteiger partial charge in [-0.2, -0.15) is 10.5 Å². The Kier molecular flexibility index (Phi) is 3.62. The van der Waals surface area contributed by atoms with Crippen LogP contribution in [0, 0.1) is 22.7 Å². The van der Waals surface area contributed by atoms with E-state index in [2.05, 4.69) is 0 Å². The maximum Gasteiger partial charge on any atom is 0.102 e. The molecule has 0 heterocycles. The smallest absolute Gasteiger partial charge is 0.102 e. The first-order valence-corrected chi connectivity index (χ1v) is 4.62. The summed E-state index contributed by atoms with van der Waals surface area (Å²) in [5.41, 5.74) is 1.37. The molecule has 0 radical (unpaired) electrons. The van der Waals surface area contributed by atoms with Crippen LogP contribution in [-0.2, 0) is 0 Å². The van der Waals surface area contributed by atoms with Crippen molar-refractivity contribution < 1.29 is 5.21 Å². The van der Waals surface area contributed by atoms with Crippen molar-refractivity contribution in [3.63, 3.8) is 0 Å². The van der Waals surface area contributed by atoms with Gasteiger partial charge in [-0.3, -0.25) is 10.7 Å². The Morgan fingerprint density at radius 3 is 1.80 bits per heavy atom. The Balaban J connectivity index is 3.77. The Morgan fingerprint density at radius 2 is 1.40 bits per heavy atom. The largest absolute Gasteiger partial charge is 0.291 e. The Bertz CT molecular complexity index is 498. The van der Waals surface area contributed by atoms with Crippen molar-refractivity contribution in [1.29, 1.82) is 10.5 Å². The van der Waals surface area contributed by atoms with Crippen LogP contribution >= 0.6 is 34.8 Å². The van der Waals surface area contributed by atoms with Crippen molar-refractivity contribution >= 4 is 40.5 Å². The van der Waals surface area contributed by atoms with Crippen LogP contribution in [0.4, 0.5) is 5.69 Å². The van der Waals surface area contributed by atoms with Crippen LogP contribution in [0.25, 0.3) is 0 Å². The van der Waals surface area contributed by atoms with Crippen molar-refractivity contribution in [2.24, 2.45) is 0 Å². The molecule has 0 aliphatic heterocycles. The molecule has 15 heavy (non-hydrogen) atoms. The van der Waals surface area contributed by atoms with Gasteiger partial charge in [-0.05, 0) is 0 Å². The molecule has 1 aromatic carbocycles. The monoisotopic (exact) mass is 261 g/mol. The van der Waals surface area contributed by atoms with E-state index in [1.807, 2.05) is 0 Å². The average Bonchev–Trinajstić information content (AvgIpc) is 2.23. The van der Waals surface area contributed by atoms with E-state index in [0.29, 0.717) is 0 Å². The van der Waals surface area contributed by atoms with Gasteiger partial charge in [0, 0.05) is 0 Å². The van der Waals surface area contributed by atoms with E-state index in [1.54, 1.807) is 17.6 Å². The summed E-state index contributed by atoms with van der Waals surface area (Å²) in [6, 6.07) is 3.42. The van der Waals surface area contributed by atoms with Crippen molar-refractivity contribution in [3.05, 3.63) is 26.2 Å². The number of anilines is 1. The zero-order chi connectivity index (χ0) is 11.6. The summed E-state index contributed by atoms with van der Waals surface area (Å²) in [6.45, 7) is 0. The van der Waals surface area contributed by atoms with Gasteiger partial charge in [-0.15, -0.1) is 0 Å². The fourth-order valence-electron chi connectivity index (χ4n) is 0.968. The number of nitriles is 2. The number of nitrogens with zero attached hydrogens (tertiary/aromatic N) is 2. The Labute approximate surface area is 100 Å². The van der Waals surface area contributed by atoms with Crippen molar-refractivity contribution in [2.75, 3.05) is 5.48 Å².